The molecule has 33 heavy (non-hydrogen) atoms. The summed E-state index contributed by atoms with van der Waals surface area (Å²) >= 11 is 0. The SMILES string of the molecule is COc1cc(NC(=O)c2cnn(-c3ccccc3)c2C2CCNCC2)cc(OC)c1OC.Cl. The van der Waals surface area contributed by atoms with Crippen LogP contribution >= 0.6 is 12.4 Å². The van der Waals surface area contributed by atoms with Crippen LogP contribution in [0.15, 0.2) is 48.7 Å². The summed E-state index contributed by atoms with van der Waals surface area (Å²) in [6.07, 6.45) is 3.55. The Bertz CT molecular complexity index is 1060. The van der Waals surface area contributed by atoms with Crippen molar-refractivity contribution < 1.29 is 19.0 Å². The predicted molar refractivity (Wildman–Crippen MR) is 130 cm³/mol. The van der Waals surface area contributed by atoms with Crippen LogP contribution in [0, 0.1) is 0 Å². The minimum Gasteiger partial charge on any atom is -0.493 e. The topological polar surface area (TPSA) is 86.6 Å². The second kappa shape index (κ2) is 11.1. The largest absolute Gasteiger partial charge is 0.493 e. The van der Waals surface area contributed by atoms with Crippen LogP contribution in [0.1, 0.15) is 34.8 Å². The van der Waals surface area contributed by atoms with E-state index in [0.717, 1.165) is 37.3 Å². The average molecular weight is 473 g/mol. The third-order valence-electron chi connectivity index (χ3n) is 5.70. The van der Waals surface area contributed by atoms with Crippen molar-refractivity contribution in [3.8, 4) is 22.9 Å². The van der Waals surface area contributed by atoms with Gasteiger partial charge in [0.05, 0.1) is 44.5 Å². The Labute approximate surface area is 199 Å². The van der Waals surface area contributed by atoms with Crippen LogP contribution in [0.5, 0.6) is 17.2 Å². The highest BCUT2D eigenvalue weighted by Crippen LogP contribution is 2.40. The highest BCUT2D eigenvalue weighted by Gasteiger charge is 2.27. The van der Waals surface area contributed by atoms with Gasteiger partial charge in [-0.05, 0) is 38.1 Å². The first-order valence-corrected chi connectivity index (χ1v) is 10.6. The van der Waals surface area contributed by atoms with Crippen LogP contribution in [0.3, 0.4) is 0 Å². The zero-order valence-corrected chi connectivity index (χ0v) is 19.8. The summed E-state index contributed by atoms with van der Waals surface area (Å²) < 4.78 is 18.1. The number of para-hydroxylation sites is 1. The third kappa shape index (κ3) is 5.07. The number of amides is 1. The van der Waals surface area contributed by atoms with Crippen LogP contribution in [-0.4, -0.2) is 50.1 Å². The Morgan fingerprint density at radius 2 is 1.67 bits per heavy atom. The molecule has 1 fully saturated rings. The van der Waals surface area contributed by atoms with Gasteiger partial charge in [0, 0.05) is 23.7 Å². The van der Waals surface area contributed by atoms with Crippen LogP contribution in [0.25, 0.3) is 5.69 Å². The molecule has 2 heterocycles. The molecule has 1 aliphatic heterocycles. The number of anilines is 1. The van der Waals surface area contributed by atoms with Crippen molar-refractivity contribution in [3.63, 3.8) is 0 Å². The molecular formula is C24H29ClN4O4. The number of nitrogens with zero attached hydrogens (tertiary/aromatic N) is 2. The second-order valence-electron chi connectivity index (χ2n) is 7.58. The summed E-state index contributed by atoms with van der Waals surface area (Å²) in [7, 11) is 4.63. The highest BCUT2D eigenvalue weighted by atomic mass is 35.5. The molecule has 2 N–H and O–H groups in total. The van der Waals surface area contributed by atoms with Crippen molar-refractivity contribution in [2.24, 2.45) is 0 Å². The number of hydrogen-bond donors (Lipinski definition) is 2. The minimum atomic E-state index is -0.227. The van der Waals surface area contributed by atoms with Gasteiger partial charge < -0.3 is 24.8 Å². The van der Waals surface area contributed by atoms with Gasteiger partial charge in [-0.15, -0.1) is 12.4 Å². The molecule has 0 spiro atoms. The zero-order valence-electron chi connectivity index (χ0n) is 19.0. The molecule has 176 valence electrons. The van der Waals surface area contributed by atoms with Gasteiger partial charge in [0.2, 0.25) is 5.75 Å². The average Bonchev–Trinajstić information content (AvgIpc) is 3.30. The lowest BCUT2D eigenvalue weighted by Gasteiger charge is -2.24. The number of carbonyl (C=O) groups excluding carboxylic acids is 1. The molecule has 1 aliphatic rings. The molecule has 8 nitrogen and oxygen atoms in total. The normalized spacial score (nSPS) is 13.7. The summed E-state index contributed by atoms with van der Waals surface area (Å²) in [4.78, 5) is 13.4. The van der Waals surface area contributed by atoms with E-state index < -0.39 is 0 Å². The summed E-state index contributed by atoms with van der Waals surface area (Å²) in [5.41, 5.74) is 2.98. The molecule has 1 aromatic heterocycles. The number of methoxy groups -OCH3 is 3. The molecule has 4 rings (SSSR count). The van der Waals surface area contributed by atoms with E-state index in [9.17, 15) is 4.79 Å². The van der Waals surface area contributed by atoms with Gasteiger partial charge in [0.15, 0.2) is 11.5 Å². The smallest absolute Gasteiger partial charge is 0.259 e. The lowest BCUT2D eigenvalue weighted by molar-refractivity contribution is 0.102. The summed E-state index contributed by atoms with van der Waals surface area (Å²) in [6, 6.07) is 13.3. The van der Waals surface area contributed by atoms with Crippen molar-refractivity contribution in [3.05, 3.63) is 59.9 Å². The molecule has 0 radical (unpaired) electrons. The fourth-order valence-corrected chi connectivity index (χ4v) is 4.15. The number of hydrogen-bond acceptors (Lipinski definition) is 6. The van der Waals surface area contributed by atoms with Crippen LogP contribution in [0.4, 0.5) is 5.69 Å². The van der Waals surface area contributed by atoms with Gasteiger partial charge >= 0.3 is 0 Å². The Kier molecular flexibility index (Phi) is 8.19. The number of aromatic nitrogens is 2. The summed E-state index contributed by atoms with van der Waals surface area (Å²) in [5, 5.41) is 11.0. The summed E-state index contributed by atoms with van der Waals surface area (Å²) in [5.74, 6) is 1.43. The van der Waals surface area contributed by atoms with Crippen molar-refractivity contribution in [2.75, 3.05) is 39.7 Å². The van der Waals surface area contributed by atoms with E-state index in [1.54, 1.807) is 39.7 Å². The molecule has 0 bridgehead atoms. The van der Waals surface area contributed by atoms with Crippen LogP contribution < -0.4 is 24.8 Å². The van der Waals surface area contributed by atoms with E-state index in [0.29, 0.717) is 28.5 Å². The summed E-state index contributed by atoms with van der Waals surface area (Å²) in [6.45, 7) is 1.83. The molecule has 3 aromatic rings. The second-order valence-corrected chi connectivity index (χ2v) is 7.58. The number of halogens is 1. The van der Waals surface area contributed by atoms with Crippen molar-refractivity contribution in [1.82, 2.24) is 15.1 Å². The molecule has 0 atom stereocenters. The Balaban J connectivity index is 0.00000306. The van der Waals surface area contributed by atoms with Gasteiger partial charge in [-0.3, -0.25) is 4.79 Å². The van der Waals surface area contributed by atoms with E-state index >= 15 is 0 Å². The molecule has 0 unspecified atom stereocenters. The van der Waals surface area contributed by atoms with Crippen molar-refractivity contribution in [1.29, 1.82) is 0 Å². The fourth-order valence-electron chi connectivity index (χ4n) is 4.15. The van der Waals surface area contributed by atoms with E-state index in [2.05, 4.69) is 15.7 Å². The number of piperidine rings is 1. The Morgan fingerprint density at radius 1 is 1.03 bits per heavy atom. The molecule has 1 saturated heterocycles. The van der Waals surface area contributed by atoms with E-state index in [1.165, 1.54) is 0 Å². The van der Waals surface area contributed by atoms with Crippen LogP contribution in [-0.2, 0) is 0 Å². The minimum absolute atomic E-state index is 0. The lowest BCUT2D eigenvalue weighted by atomic mass is 9.91. The third-order valence-corrected chi connectivity index (χ3v) is 5.70. The lowest BCUT2D eigenvalue weighted by Crippen LogP contribution is -2.29. The monoisotopic (exact) mass is 472 g/mol. The number of benzene rings is 2. The Hall–Kier alpha value is -3.23. The number of carbonyl (C=O) groups is 1. The first-order chi connectivity index (χ1) is 15.7. The highest BCUT2D eigenvalue weighted by molar-refractivity contribution is 6.05. The van der Waals surface area contributed by atoms with Crippen molar-refractivity contribution in [2.45, 2.75) is 18.8 Å². The molecule has 0 saturated carbocycles. The van der Waals surface area contributed by atoms with E-state index in [4.69, 9.17) is 14.2 Å². The molecule has 0 aliphatic carbocycles. The van der Waals surface area contributed by atoms with Gasteiger partial charge in [0.25, 0.3) is 5.91 Å². The fraction of sp³-hybridized carbons (Fsp3) is 0.333. The molecular weight excluding hydrogens is 444 g/mol. The molecule has 9 heteroatoms. The van der Waals surface area contributed by atoms with Gasteiger partial charge in [0.1, 0.15) is 0 Å². The standard InChI is InChI=1S/C24H28N4O4.ClH/c1-30-20-13-17(14-21(31-2)23(20)32-3)27-24(29)19-15-26-28(18-7-5-4-6-8-18)22(19)16-9-11-25-12-10-16;/h4-8,13-16,25H,9-12H2,1-3H3,(H,27,29);1H. The first kappa shape index (κ1) is 24.4. The maximum atomic E-state index is 13.4. The number of ether oxygens (including phenoxy) is 3. The molecule has 1 amide bonds. The first-order valence-electron chi connectivity index (χ1n) is 10.6. The van der Waals surface area contributed by atoms with E-state index in [-0.39, 0.29) is 24.2 Å². The quantitative estimate of drug-likeness (QED) is 0.539. The predicted octanol–water partition coefficient (Wildman–Crippen LogP) is 4.04. The number of nitrogens with one attached hydrogen (secondary N) is 2. The zero-order chi connectivity index (χ0) is 22.5. The molecule has 2 aromatic carbocycles. The van der Waals surface area contributed by atoms with Gasteiger partial charge in [-0.2, -0.15) is 5.10 Å². The van der Waals surface area contributed by atoms with Gasteiger partial charge in [-0.25, -0.2) is 4.68 Å². The van der Waals surface area contributed by atoms with Gasteiger partial charge in [-0.1, -0.05) is 18.2 Å². The Morgan fingerprint density at radius 3 is 2.24 bits per heavy atom. The number of rotatable bonds is 7. The maximum Gasteiger partial charge on any atom is 0.259 e. The van der Waals surface area contributed by atoms with Crippen molar-refractivity contribution >= 4 is 24.0 Å². The van der Waals surface area contributed by atoms with Crippen LogP contribution in [0.2, 0.25) is 0 Å². The maximum absolute atomic E-state index is 13.4. The van der Waals surface area contributed by atoms with E-state index in [1.807, 2.05) is 35.0 Å².